The van der Waals surface area contributed by atoms with Crippen LogP contribution < -0.4 is 0 Å². The van der Waals surface area contributed by atoms with Gasteiger partial charge in [0.25, 0.3) is 0 Å². The molecule has 3 heteroatoms. The smallest absolute Gasteiger partial charge is 0.228 e. The lowest BCUT2D eigenvalue weighted by atomic mass is 10.1. The van der Waals surface area contributed by atoms with Crippen LogP contribution in [0.25, 0.3) is 0 Å². The summed E-state index contributed by atoms with van der Waals surface area (Å²) in [6, 6.07) is 7.36. The zero-order valence-corrected chi connectivity index (χ0v) is 9.08. The topological polar surface area (TPSA) is 26.3 Å². The van der Waals surface area contributed by atoms with E-state index in [-0.39, 0.29) is 5.78 Å². The van der Waals surface area contributed by atoms with E-state index < -0.39 is 0 Å². The van der Waals surface area contributed by atoms with Gasteiger partial charge < -0.3 is 4.74 Å². The minimum Gasteiger partial charge on any atom is -0.489 e. The first kappa shape index (κ1) is 9.46. The van der Waals surface area contributed by atoms with Gasteiger partial charge in [0.2, 0.25) is 5.78 Å². The average molecular weight is 253 g/mol. The molecule has 0 atom stereocenters. The fourth-order valence-corrected chi connectivity index (χ4v) is 1.82. The molecule has 1 aliphatic rings. The molecule has 2 nitrogen and oxygen atoms in total. The summed E-state index contributed by atoms with van der Waals surface area (Å²) in [5.41, 5.74) is 0.653. The Morgan fingerprint density at radius 2 is 2.14 bits per heavy atom. The van der Waals surface area contributed by atoms with Gasteiger partial charge in [0.1, 0.15) is 0 Å². The number of benzene rings is 1. The molecule has 1 heterocycles. The van der Waals surface area contributed by atoms with Gasteiger partial charge in [-0.1, -0.05) is 28.1 Å². The number of hydrogen-bond acceptors (Lipinski definition) is 2. The van der Waals surface area contributed by atoms with E-state index in [1.165, 1.54) is 0 Å². The molecule has 0 saturated heterocycles. The fourth-order valence-electron chi connectivity index (χ4n) is 1.35. The van der Waals surface area contributed by atoms with Crippen molar-refractivity contribution in [3.8, 4) is 0 Å². The van der Waals surface area contributed by atoms with E-state index in [0.29, 0.717) is 17.9 Å². The normalized spacial score (nSPS) is 14.8. The lowest BCUT2D eigenvalue weighted by Crippen LogP contribution is -2.04. The predicted molar refractivity (Wildman–Crippen MR) is 57.1 cm³/mol. The Balaban J connectivity index is 2.31. The van der Waals surface area contributed by atoms with E-state index in [1.54, 1.807) is 6.07 Å². The van der Waals surface area contributed by atoms with Crippen LogP contribution in [0.1, 0.15) is 16.8 Å². The maximum Gasteiger partial charge on any atom is 0.228 e. The number of ketones is 1. The number of halogens is 1. The second-order valence-electron chi connectivity index (χ2n) is 3.01. The number of hydrogen-bond donors (Lipinski definition) is 0. The highest BCUT2D eigenvalue weighted by Crippen LogP contribution is 2.22. The number of ether oxygens (including phenoxy) is 1. The third-order valence-corrected chi connectivity index (χ3v) is 2.74. The molecule has 0 aromatic heterocycles. The molecule has 0 N–H and O–H groups in total. The summed E-state index contributed by atoms with van der Waals surface area (Å²) >= 11 is 3.34. The summed E-state index contributed by atoms with van der Waals surface area (Å²) < 4.78 is 6.02. The molecule has 2 rings (SSSR count). The average Bonchev–Trinajstić information content (AvgIpc) is 2.70. The minimum atomic E-state index is -0.0463. The minimum absolute atomic E-state index is 0.0463. The number of Topliss-reactive ketones (excluding diaryl/α,β-unsaturated/α-hetero) is 1. The van der Waals surface area contributed by atoms with Crippen LogP contribution in [0.2, 0.25) is 0 Å². The van der Waals surface area contributed by atoms with E-state index in [1.807, 2.05) is 24.3 Å². The van der Waals surface area contributed by atoms with Crippen molar-refractivity contribution in [3.05, 3.63) is 46.1 Å². The van der Waals surface area contributed by atoms with E-state index >= 15 is 0 Å². The van der Waals surface area contributed by atoms with Crippen molar-refractivity contribution in [2.45, 2.75) is 6.42 Å². The molecule has 0 saturated carbocycles. The summed E-state index contributed by atoms with van der Waals surface area (Å²) in [6.45, 7) is 0.617. The van der Waals surface area contributed by atoms with Crippen LogP contribution in [0.15, 0.2) is 40.6 Å². The second-order valence-corrected chi connectivity index (χ2v) is 3.87. The van der Waals surface area contributed by atoms with Gasteiger partial charge >= 0.3 is 0 Å². The lowest BCUT2D eigenvalue weighted by molar-refractivity contribution is 0.0941. The molecule has 0 aliphatic carbocycles. The summed E-state index contributed by atoms with van der Waals surface area (Å²) in [5, 5.41) is 0. The van der Waals surface area contributed by atoms with Crippen LogP contribution in [0.4, 0.5) is 0 Å². The maximum atomic E-state index is 11.8. The summed E-state index contributed by atoms with van der Waals surface area (Å²) in [5.74, 6) is 0.423. The van der Waals surface area contributed by atoms with E-state index in [4.69, 9.17) is 4.74 Å². The van der Waals surface area contributed by atoms with E-state index in [9.17, 15) is 4.79 Å². The Bertz CT molecular complexity index is 396. The van der Waals surface area contributed by atoms with Crippen molar-refractivity contribution in [1.82, 2.24) is 0 Å². The highest BCUT2D eigenvalue weighted by Gasteiger charge is 2.18. The first-order valence-electron chi connectivity index (χ1n) is 4.41. The van der Waals surface area contributed by atoms with Crippen molar-refractivity contribution in [3.63, 3.8) is 0 Å². The van der Waals surface area contributed by atoms with Gasteiger partial charge in [0.05, 0.1) is 6.61 Å². The van der Waals surface area contributed by atoms with Crippen LogP contribution in [-0.4, -0.2) is 12.4 Å². The zero-order valence-electron chi connectivity index (χ0n) is 7.50. The molecule has 14 heavy (non-hydrogen) atoms. The Morgan fingerprint density at radius 3 is 2.79 bits per heavy atom. The summed E-state index contributed by atoms with van der Waals surface area (Å²) in [6.07, 6.45) is 2.66. The molecule has 72 valence electrons. The van der Waals surface area contributed by atoms with Gasteiger partial charge in [-0.15, -0.1) is 0 Å². The quantitative estimate of drug-likeness (QED) is 0.757. The number of carbonyl (C=O) groups is 1. The molecule has 0 spiro atoms. The third kappa shape index (κ3) is 1.73. The van der Waals surface area contributed by atoms with Gasteiger partial charge in [0, 0.05) is 16.5 Å². The van der Waals surface area contributed by atoms with Crippen LogP contribution >= 0.6 is 15.9 Å². The molecule has 0 fully saturated rings. The first-order valence-corrected chi connectivity index (χ1v) is 5.20. The largest absolute Gasteiger partial charge is 0.489 e. The SMILES string of the molecule is O=C(C1=CCCO1)c1ccccc1Br. The standard InChI is InChI=1S/C11H9BrO2/c12-9-5-2-1-4-8(9)11(13)10-6-3-7-14-10/h1-2,4-6H,3,7H2. The van der Waals surface area contributed by atoms with E-state index in [0.717, 1.165) is 10.9 Å². The van der Waals surface area contributed by atoms with Gasteiger partial charge in [-0.25, -0.2) is 0 Å². The molecule has 0 bridgehead atoms. The molecular weight excluding hydrogens is 244 g/mol. The van der Waals surface area contributed by atoms with Crippen LogP contribution in [-0.2, 0) is 4.74 Å². The van der Waals surface area contributed by atoms with Gasteiger partial charge in [-0.2, -0.15) is 0 Å². The maximum absolute atomic E-state index is 11.8. The van der Waals surface area contributed by atoms with Gasteiger partial charge in [-0.3, -0.25) is 4.79 Å². The zero-order chi connectivity index (χ0) is 9.97. The molecule has 0 amide bonds. The molecule has 1 aromatic rings. The van der Waals surface area contributed by atoms with Crippen molar-refractivity contribution in [2.75, 3.05) is 6.61 Å². The summed E-state index contributed by atoms with van der Waals surface area (Å²) in [7, 11) is 0. The molecule has 0 unspecified atom stereocenters. The van der Waals surface area contributed by atoms with Crippen molar-refractivity contribution < 1.29 is 9.53 Å². The Labute approximate surface area is 90.7 Å². The summed E-state index contributed by atoms with van der Waals surface area (Å²) in [4.78, 5) is 11.8. The monoisotopic (exact) mass is 252 g/mol. The van der Waals surface area contributed by atoms with E-state index in [2.05, 4.69) is 15.9 Å². The van der Waals surface area contributed by atoms with Gasteiger partial charge in [-0.05, 0) is 18.2 Å². The molecule has 1 aromatic carbocycles. The van der Waals surface area contributed by atoms with Crippen molar-refractivity contribution in [1.29, 1.82) is 0 Å². The van der Waals surface area contributed by atoms with Crippen molar-refractivity contribution in [2.24, 2.45) is 0 Å². The Kier molecular flexibility index (Phi) is 2.68. The Morgan fingerprint density at radius 1 is 1.36 bits per heavy atom. The highest BCUT2D eigenvalue weighted by atomic mass is 79.9. The molecule has 0 radical (unpaired) electrons. The van der Waals surface area contributed by atoms with Crippen LogP contribution in [0.3, 0.4) is 0 Å². The fraction of sp³-hybridized carbons (Fsp3) is 0.182. The predicted octanol–water partition coefficient (Wildman–Crippen LogP) is 2.94. The molecule has 1 aliphatic heterocycles. The van der Waals surface area contributed by atoms with Crippen LogP contribution in [0.5, 0.6) is 0 Å². The second kappa shape index (κ2) is 3.96. The number of allylic oxidation sites excluding steroid dienone is 1. The van der Waals surface area contributed by atoms with Crippen LogP contribution in [0, 0.1) is 0 Å². The highest BCUT2D eigenvalue weighted by molar-refractivity contribution is 9.10. The van der Waals surface area contributed by atoms with Gasteiger partial charge in [0.15, 0.2) is 5.76 Å². The van der Waals surface area contributed by atoms with Crippen molar-refractivity contribution >= 4 is 21.7 Å². The third-order valence-electron chi connectivity index (χ3n) is 2.05. The Hall–Kier alpha value is -1.09. The number of carbonyl (C=O) groups excluding carboxylic acids is 1. The lowest BCUT2D eigenvalue weighted by Gasteiger charge is -2.04. The first-order chi connectivity index (χ1) is 6.79. The molecular formula is C11H9BrO2. The number of rotatable bonds is 2.